The van der Waals surface area contributed by atoms with Crippen LogP contribution in [0.3, 0.4) is 0 Å². The molecule has 0 unspecified atom stereocenters. The molecule has 0 aliphatic rings. The monoisotopic (exact) mass is 612 g/mol. The number of hydrogen-bond donors (Lipinski definition) is 0. The van der Waals surface area contributed by atoms with Crippen LogP contribution in [0.5, 0.6) is 0 Å². The van der Waals surface area contributed by atoms with Gasteiger partial charge in [0.15, 0.2) is 17.5 Å². The van der Waals surface area contributed by atoms with Crippen LogP contribution >= 0.6 is 0 Å². The Bertz CT molecular complexity index is 3190. The normalized spacial score (nSPS) is 14.7. The quantitative estimate of drug-likeness (QED) is 0.194. The van der Waals surface area contributed by atoms with Crippen molar-refractivity contribution in [2.75, 3.05) is 0 Å². The zero-order valence-corrected chi connectivity index (χ0v) is 24.5. The molecule has 0 aliphatic heterocycles. The van der Waals surface area contributed by atoms with E-state index in [1.807, 2.05) is 66.7 Å². The first-order valence-corrected chi connectivity index (χ1v) is 14.8. The Morgan fingerprint density at radius 3 is 1.83 bits per heavy atom. The first-order chi connectivity index (χ1) is 27.8. The molecule has 0 aliphatic carbocycles. The summed E-state index contributed by atoms with van der Waals surface area (Å²) in [5.74, 6) is 0.236. The van der Waals surface area contributed by atoms with E-state index >= 15 is 0 Å². The lowest BCUT2D eigenvalue weighted by Crippen LogP contribution is -2.00. The number of benzene rings is 7. The number of hydrogen-bond acceptors (Lipinski definition) is 4. The molecule has 0 fully saturated rings. The molecule has 0 radical (unpaired) electrons. The zero-order valence-electron chi connectivity index (χ0n) is 35.5. The van der Waals surface area contributed by atoms with Crippen LogP contribution in [0.25, 0.3) is 89.1 Å². The van der Waals surface area contributed by atoms with E-state index in [4.69, 9.17) is 33.1 Å². The largest absolute Gasteiger partial charge is 0.456 e. The average Bonchev–Trinajstić information content (AvgIpc) is 3.65. The zero-order chi connectivity index (χ0) is 40.7. The maximum atomic E-state index is 9.58. The lowest BCUT2D eigenvalue weighted by Gasteiger charge is -2.11. The van der Waals surface area contributed by atoms with E-state index in [1.165, 1.54) is 0 Å². The summed E-state index contributed by atoms with van der Waals surface area (Å²) in [5, 5.41) is 1.48. The van der Waals surface area contributed by atoms with Gasteiger partial charge in [0, 0.05) is 27.5 Å². The van der Waals surface area contributed by atoms with Gasteiger partial charge in [-0.2, -0.15) is 0 Å². The SMILES string of the molecule is [2H]c1c([2H])c(-c2nc(-c3ccccc3)nc(-c3ccc4cc(-c5ccccc5)ccc4c3)n2)c([2H])c(-c2c([2H])c([2H])c([2H])c3oc4c([2H])c([2H])c([2H])c([2H])c4c23)c1[2H]. The van der Waals surface area contributed by atoms with Gasteiger partial charge < -0.3 is 4.42 Å². The molecule has 220 valence electrons. The molecule has 0 N–H and O–H groups in total. The highest BCUT2D eigenvalue weighted by atomic mass is 16.3. The number of para-hydroxylation sites is 1. The third-order valence-electron chi connectivity index (χ3n) is 7.92. The van der Waals surface area contributed by atoms with Gasteiger partial charge in [-0.05, 0) is 63.3 Å². The van der Waals surface area contributed by atoms with E-state index in [0.717, 1.165) is 21.9 Å². The summed E-state index contributed by atoms with van der Waals surface area (Å²) in [7, 11) is 0. The van der Waals surface area contributed by atoms with Gasteiger partial charge in [0.2, 0.25) is 0 Å². The first kappa shape index (κ1) is 17.9. The molecule has 0 bridgehead atoms. The minimum absolute atomic E-state index is 0.168. The minimum atomic E-state index is -0.653. The molecule has 2 aromatic heterocycles. The Morgan fingerprint density at radius 1 is 0.447 bits per heavy atom. The van der Waals surface area contributed by atoms with Crippen LogP contribution in [0, 0.1) is 0 Å². The summed E-state index contributed by atoms with van der Waals surface area (Å²) in [6.07, 6.45) is 0. The lowest BCUT2D eigenvalue weighted by molar-refractivity contribution is 0.669. The Hall–Kier alpha value is -6.39. The standard InChI is InChI=1S/C43H27N3O/c1-3-11-28(12-4-1)30-21-22-32-26-35(24-23-31(32)25-30)43-45-41(29-13-5-2-6-14-29)44-42(46-43)34-16-9-15-33(27-34)36-18-10-20-39-40(36)37-17-7-8-19-38(37)47-39/h1-27H/i7D,8D,9D,10D,15D,16D,17D,18D,19D,20D,27D. The van der Waals surface area contributed by atoms with Crippen molar-refractivity contribution in [2.45, 2.75) is 0 Å². The van der Waals surface area contributed by atoms with Crippen molar-refractivity contribution in [1.82, 2.24) is 15.0 Å². The van der Waals surface area contributed by atoms with E-state index in [0.29, 0.717) is 11.1 Å². The van der Waals surface area contributed by atoms with Gasteiger partial charge in [0.05, 0.1) is 15.1 Å². The first-order valence-electron chi connectivity index (χ1n) is 20.3. The maximum Gasteiger partial charge on any atom is 0.164 e. The third-order valence-corrected chi connectivity index (χ3v) is 7.92. The topological polar surface area (TPSA) is 51.8 Å². The smallest absolute Gasteiger partial charge is 0.164 e. The molecule has 9 aromatic rings. The molecule has 0 spiro atoms. The minimum Gasteiger partial charge on any atom is -0.456 e. The van der Waals surface area contributed by atoms with Gasteiger partial charge in [-0.3, -0.25) is 0 Å². The van der Waals surface area contributed by atoms with Gasteiger partial charge in [0.1, 0.15) is 11.2 Å². The van der Waals surface area contributed by atoms with Crippen LogP contribution in [0.2, 0.25) is 0 Å². The van der Waals surface area contributed by atoms with Gasteiger partial charge in [-0.15, -0.1) is 0 Å². The van der Waals surface area contributed by atoms with Gasteiger partial charge >= 0.3 is 0 Å². The highest BCUT2D eigenvalue weighted by Gasteiger charge is 2.16. The Kier molecular flexibility index (Phi) is 4.27. The second-order valence-corrected chi connectivity index (χ2v) is 10.8. The molecule has 47 heavy (non-hydrogen) atoms. The second kappa shape index (κ2) is 11.2. The van der Waals surface area contributed by atoms with E-state index in [2.05, 4.69) is 6.07 Å². The van der Waals surface area contributed by atoms with Crippen LogP contribution in [0.1, 0.15) is 15.1 Å². The van der Waals surface area contributed by atoms with Crippen molar-refractivity contribution in [3.8, 4) is 56.4 Å². The van der Waals surface area contributed by atoms with Crippen molar-refractivity contribution in [2.24, 2.45) is 0 Å². The molecule has 0 atom stereocenters. The van der Waals surface area contributed by atoms with Crippen molar-refractivity contribution < 1.29 is 19.5 Å². The van der Waals surface area contributed by atoms with E-state index in [9.17, 15) is 1.37 Å². The maximum absolute atomic E-state index is 9.58. The number of aromatic nitrogens is 3. The summed E-state index contributed by atoms with van der Waals surface area (Å²) in [6.45, 7) is 0. The molecule has 4 heteroatoms. The molecule has 0 saturated heterocycles. The summed E-state index contributed by atoms with van der Waals surface area (Å²) in [6, 6.07) is 24.3. The third kappa shape index (κ3) is 4.93. The van der Waals surface area contributed by atoms with Gasteiger partial charge in [-0.1, -0.05) is 133 Å². The van der Waals surface area contributed by atoms with Crippen molar-refractivity contribution in [3.63, 3.8) is 0 Å². The number of rotatable bonds is 5. The number of nitrogens with zero attached hydrogens (tertiary/aromatic N) is 3. The average molecular weight is 613 g/mol. The molecular formula is C43H27N3O. The van der Waals surface area contributed by atoms with E-state index in [1.54, 1.807) is 24.3 Å². The fourth-order valence-corrected chi connectivity index (χ4v) is 5.66. The van der Waals surface area contributed by atoms with Crippen LogP contribution < -0.4 is 0 Å². The molecule has 7 aromatic carbocycles. The fourth-order valence-electron chi connectivity index (χ4n) is 5.66. The van der Waals surface area contributed by atoms with Crippen molar-refractivity contribution in [3.05, 3.63) is 164 Å². The van der Waals surface area contributed by atoms with Gasteiger partial charge in [0.25, 0.3) is 0 Å². The predicted molar refractivity (Wildman–Crippen MR) is 192 cm³/mol. The fraction of sp³-hybridized carbons (Fsp3) is 0. The summed E-state index contributed by atoms with van der Waals surface area (Å²) in [4.78, 5) is 14.3. The molecular weight excluding hydrogens is 574 g/mol. The highest BCUT2D eigenvalue weighted by molar-refractivity contribution is 6.12. The number of furan rings is 1. The molecule has 0 amide bonds. The van der Waals surface area contributed by atoms with Crippen LogP contribution in [-0.2, 0) is 0 Å². The predicted octanol–water partition coefficient (Wildman–Crippen LogP) is 11.3. The Morgan fingerprint density at radius 2 is 1.04 bits per heavy atom. The molecule has 0 saturated carbocycles. The molecule has 9 rings (SSSR count). The van der Waals surface area contributed by atoms with Crippen molar-refractivity contribution >= 4 is 32.7 Å². The summed E-state index contributed by atoms with van der Waals surface area (Å²) < 4.78 is 103. The van der Waals surface area contributed by atoms with Crippen LogP contribution in [0.4, 0.5) is 0 Å². The van der Waals surface area contributed by atoms with Crippen molar-refractivity contribution in [1.29, 1.82) is 0 Å². The van der Waals surface area contributed by atoms with Gasteiger partial charge in [-0.25, -0.2) is 15.0 Å². The Labute approximate surface area is 287 Å². The van der Waals surface area contributed by atoms with E-state index in [-0.39, 0.29) is 50.5 Å². The second-order valence-electron chi connectivity index (χ2n) is 10.8. The van der Waals surface area contributed by atoms with Crippen LogP contribution in [0.15, 0.2) is 168 Å². The number of fused-ring (bicyclic) bond motifs is 4. The highest BCUT2D eigenvalue weighted by Crippen LogP contribution is 2.38. The summed E-state index contributed by atoms with van der Waals surface area (Å²) in [5.41, 5.74) is 1.66. The van der Waals surface area contributed by atoms with E-state index < -0.39 is 72.0 Å². The molecule has 2 heterocycles. The Balaban J connectivity index is 1.31. The van der Waals surface area contributed by atoms with Crippen LogP contribution in [-0.4, -0.2) is 15.0 Å². The summed E-state index contributed by atoms with van der Waals surface area (Å²) >= 11 is 0. The molecule has 4 nitrogen and oxygen atoms in total. The lowest BCUT2D eigenvalue weighted by atomic mass is 9.97.